The van der Waals surface area contributed by atoms with E-state index < -0.39 is 5.60 Å². The zero-order valence-electron chi connectivity index (χ0n) is 22.6. The van der Waals surface area contributed by atoms with Crippen molar-refractivity contribution in [3.8, 4) is 0 Å². The minimum atomic E-state index is -0.521. The van der Waals surface area contributed by atoms with Crippen molar-refractivity contribution in [2.24, 2.45) is 10.9 Å². The van der Waals surface area contributed by atoms with Crippen LogP contribution in [0.25, 0.3) is 5.70 Å². The number of anilines is 1. The zero-order chi connectivity index (χ0) is 26.8. The van der Waals surface area contributed by atoms with Crippen molar-refractivity contribution in [3.05, 3.63) is 46.5 Å². The summed E-state index contributed by atoms with van der Waals surface area (Å²) in [5.74, 6) is -0.446. The fourth-order valence-electron chi connectivity index (χ4n) is 4.87. The Morgan fingerprint density at radius 2 is 2.00 bits per heavy atom. The molecule has 7 nitrogen and oxygen atoms in total. The van der Waals surface area contributed by atoms with Gasteiger partial charge in [0.15, 0.2) is 0 Å². The number of carbonyl (C=O) groups is 2. The third-order valence-corrected chi connectivity index (χ3v) is 6.88. The molecule has 8 heteroatoms. The van der Waals surface area contributed by atoms with Gasteiger partial charge in [0.2, 0.25) is 0 Å². The van der Waals surface area contributed by atoms with Crippen LogP contribution < -0.4 is 10.2 Å². The molecule has 2 atom stereocenters. The van der Waals surface area contributed by atoms with Crippen LogP contribution in [0.1, 0.15) is 59.1 Å². The lowest BCUT2D eigenvalue weighted by Gasteiger charge is -2.33. The van der Waals surface area contributed by atoms with E-state index in [2.05, 4.69) is 35.6 Å². The number of likely N-dealkylation sites (N-methyl/N-ethyl adjacent to an activating group) is 1. The Labute approximate surface area is 220 Å². The van der Waals surface area contributed by atoms with Gasteiger partial charge in [0.05, 0.1) is 5.92 Å². The van der Waals surface area contributed by atoms with E-state index in [9.17, 15) is 9.59 Å². The summed E-state index contributed by atoms with van der Waals surface area (Å²) in [7, 11) is 0. The van der Waals surface area contributed by atoms with E-state index in [0.717, 1.165) is 41.1 Å². The van der Waals surface area contributed by atoms with Gasteiger partial charge < -0.3 is 19.9 Å². The van der Waals surface area contributed by atoms with Gasteiger partial charge >= 0.3 is 6.09 Å². The van der Waals surface area contributed by atoms with Crippen molar-refractivity contribution >= 4 is 40.7 Å². The second-order valence-corrected chi connectivity index (χ2v) is 11.1. The topological polar surface area (TPSA) is 74.2 Å². The number of halogens is 1. The number of dihydropyridines is 1. The number of benzene rings is 1. The summed E-state index contributed by atoms with van der Waals surface area (Å²) in [6, 6.07) is 4.03. The predicted octanol–water partition coefficient (Wildman–Crippen LogP) is 5.61. The van der Waals surface area contributed by atoms with Crippen LogP contribution >= 0.6 is 11.6 Å². The van der Waals surface area contributed by atoms with Gasteiger partial charge in [-0.1, -0.05) is 23.8 Å². The van der Waals surface area contributed by atoms with Crippen LogP contribution in [-0.4, -0.2) is 60.4 Å². The number of nitrogens with one attached hydrogen (secondary N) is 1. The highest BCUT2D eigenvalue weighted by atomic mass is 35.5. The number of nitrogens with zero attached hydrogens (tertiary/aromatic N) is 3. The Morgan fingerprint density at radius 3 is 2.61 bits per heavy atom. The average Bonchev–Trinajstić information content (AvgIpc) is 3.24. The highest BCUT2D eigenvalue weighted by Gasteiger charge is 2.33. The summed E-state index contributed by atoms with van der Waals surface area (Å²) in [4.78, 5) is 33.2. The van der Waals surface area contributed by atoms with Gasteiger partial charge in [0.1, 0.15) is 5.60 Å². The molecule has 2 heterocycles. The van der Waals surface area contributed by atoms with Crippen LogP contribution in [0.4, 0.5) is 10.5 Å². The molecule has 2 unspecified atom stereocenters. The molecular weight excluding hydrogens is 476 g/mol. The molecule has 1 saturated heterocycles. The number of carbonyl (C=O) groups excluding carboxylic acids is 2. The first-order chi connectivity index (χ1) is 16.8. The van der Waals surface area contributed by atoms with E-state index in [4.69, 9.17) is 16.3 Å². The maximum absolute atomic E-state index is 12.6. The molecule has 1 N–H and O–H groups in total. The molecule has 1 fully saturated rings. The Bertz CT molecular complexity index is 1100. The summed E-state index contributed by atoms with van der Waals surface area (Å²) < 4.78 is 5.57. The van der Waals surface area contributed by atoms with Crippen molar-refractivity contribution in [3.63, 3.8) is 0 Å². The van der Waals surface area contributed by atoms with Crippen LogP contribution in [-0.2, 0) is 9.53 Å². The quantitative estimate of drug-likeness (QED) is 0.512. The second kappa shape index (κ2) is 11.1. The van der Waals surface area contributed by atoms with Crippen LogP contribution in [0.3, 0.4) is 0 Å². The van der Waals surface area contributed by atoms with Crippen molar-refractivity contribution in [2.45, 2.75) is 66.5 Å². The third-order valence-electron chi connectivity index (χ3n) is 6.67. The molecule has 1 aromatic rings. The maximum atomic E-state index is 12.6. The number of hydrogen-bond donors (Lipinski definition) is 1. The first kappa shape index (κ1) is 27.8. The van der Waals surface area contributed by atoms with E-state index in [1.165, 1.54) is 0 Å². The van der Waals surface area contributed by atoms with Gasteiger partial charge in [-0.25, -0.2) is 9.79 Å². The largest absolute Gasteiger partial charge is 0.444 e. The summed E-state index contributed by atoms with van der Waals surface area (Å²) in [6.07, 6.45) is 2.52. The van der Waals surface area contributed by atoms with Crippen molar-refractivity contribution < 1.29 is 14.3 Å². The molecule has 196 valence electrons. The molecular formula is C28H39ClN4O3. The number of amides is 2. The summed E-state index contributed by atoms with van der Waals surface area (Å²) in [6.45, 7) is 20.3. The molecule has 1 aromatic carbocycles. The third kappa shape index (κ3) is 6.49. The SMILES string of the molecule is C=C(NCC1C(=O)N=C(C)C=C1C)c1cc(Cl)cc(N(CC)C2CCN(C(=O)OC(C)(C)C)C2)c1C. The molecule has 3 rings (SSSR count). The zero-order valence-corrected chi connectivity index (χ0v) is 23.3. The Morgan fingerprint density at radius 1 is 1.31 bits per heavy atom. The van der Waals surface area contributed by atoms with E-state index in [1.54, 1.807) is 4.90 Å². The minimum absolute atomic E-state index is 0.135. The Kier molecular flexibility index (Phi) is 8.55. The maximum Gasteiger partial charge on any atom is 0.410 e. The molecule has 2 aliphatic heterocycles. The van der Waals surface area contributed by atoms with Gasteiger partial charge in [-0.05, 0) is 78.7 Å². The molecule has 0 bridgehead atoms. The normalized spacial score (nSPS) is 20.1. The lowest BCUT2D eigenvalue weighted by Crippen LogP contribution is -2.41. The highest BCUT2D eigenvalue weighted by Crippen LogP contribution is 2.34. The number of aliphatic imine (C=N–C) groups is 1. The second-order valence-electron chi connectivity index (χ2n) is 10.6. The van der Waals surface area contributed by atoms with Gasteiger partial charge in [-0.15, -0.1) is 0 Å². The number of hydrogen-bond acceptors (Lipinski definition) is 5. The van der Waals surface area contributed by atoms with E-state index in [1.807, 2.05) is 52.8 Å². The molecule has 2 aliphatic rings. The number of likely N-dealkylation sites (tertiary alicyclic amines) is 1. The molecule has 0 radical (unpaired) electrons. The Hall–Kier alpha value is -2.80. The lowest BCUT2D eigenvalue weighted by atomic mass is 9.95. The smallest absolute Gasteiger partial charge is 0.410 e. The van der Waals surface area contributed by atoms with Crippen LogP contribution in [0.5, 0.6) is 0 Å². The fraction of sp³-hybridized carbons (Fsp3) is 0.536. The summed E-state index contributed by atoms with van der Waals surface area (Å²) in [5.41, 5.74) is 4.88. The minimum Gasteiger partial charge on any atom is -0.444 e. The van der Waals surface area contributed by atoms with E-state index >= 15 is 0 Å². The molecule has 0 spiro atoms. The highest BCUT2D eigenvalue weighted by molar-refractivity contribution is 6.31. The van der Waals surface area contributed by atoms with Crippen molar-refractivity contribution in [1.29, 1.82) is 0 Å². The molecule has 0 aromatic heterocycles. The van der Waals surface area contributed by atoms with Crippen molar-refractivity contribution in [1.82, 2.24) is 10.2 Å². The summed E-state index contributed by atoms with van der Waals surface area (Å²) >= 11 is 6.58. The number of ether oxygens (including phenoxy) is 1. The summed E-state index contributed by atoms with van der Waals surface area (Å²) in [5, 5.41) is 3.95. The standard InChI is InChI=1S/C28H39ClN4O3/c1-9-33(22-10-11-32(16-22)27(35)36-28(6,7)8)25-14-21(29)13-23(19(25)4)20(5)30-15-24-17(2)12-18(3)31-26(24)34/h12-14,22,24,30H,5,9-11,15-16H2,1-4,6-8H3. The first-order valence-electron chi connectivity index (χ1n) is 12.6. The van der Waals surface area contributed by atoms with Gasteiger partial charge in [0, 0.05) is 59.9 Å². The van der Waals surface area contributed by atoms with E-state index in [0.29, 0.717) is 30.4 Å². The van der Waals surface area contributed by atoms with Gasteiger partial charge in [0.25, 0.3) is 5.91 Å². The predicted molar refractivity (Wildman–Crippen MR) is 148 cm³/mol. The average molecular weight is 515 g/mol. The van der Waals surface area contributed by atoms with E-state index in [-0.39, 0.29) is 24.0 Å². The first-order valence-corrected chi connectivity index (χ1v) is 12.9. The van der Waals surface area contributed by atoms with Gasteiger partial charge in [-0.3, -0.25) is 4.79 Å². The molecule has 36 heavy (non-hydrogen) atoms. The fourth-order valence-corrected chi connectivity index (χ4v) is 5.08. The number of rotatable bonds is 7. The monoisotopic (exact) mass is 514 g/mol. The van der Waals surface area contributed by atoms with Crippen LogP contribution in [0.15, 0.2) is 35.4 Å². The Balaban J connectivity index is 1.76. The van der Waals surface area contributed by atoms with Crippen LogP contribution in [0.2, 0.25) is 5.02 Å². The molecule has 0 saturated carbocycles. The lowest BCUT2D eigenvalue weighted by molar-refractivity contribution is -0.120. The molecule has 0 aliphatic carbocycles. The van der Waals surface area contributed by atoms with Gasteiger partial charge in [-0.2, -0.15) is 0 Å². The van der Waals surface area contributed by atoms with Crippen LogP contribution in [0, 0.1) is 12.8 Å². The van der Waals surface area contributed by atoms with Crippen molar-refractivity contribution in [2.75, 3.05) is 31.1 Å². The number of allylic oxidation sites excluding steroid dienone is 1. The molecule has 2 amide bonds.